The summed E-state index contributed by atoms with van der Waals surface area (Å²) in [6.07, 6.45) is -5.60. The zero-order valence-corrected chi connectivity index (χ0v) is 8.47. The first-order chi connectivity index (χ1) is 7.42. The molecule has 1 heterocycles. The maximum atomic E-state index is 11.9. The van der Waals surface area contributed by atoms with Crippen LogP contribution < -0.4 is 0 Å². The lowest BCUT2D eigenvalue weighted by Crippen LogP contribution is -2.09. The van der Waals surface area contributed by atoms with E-state index >= 15 is 0 Å². The zero-order valence-electron chi connectivity index (χ0n) is 8.47. The Bertz CT molecular complexity index is 362. The summed E-state index contributed by atoms with van der Waals surface area (Å²) in [5.41, 5.74) is 0. The van der Waals surface area contributed by atoms with Crippen LogP contribution in [0, 0.1) is 0 Å². The first-order valence-electron chi connectivity index (χ1n) is 4.57. The van der Waals surface area contributed by atoms with Crippen LogP contribution in [-0.2, 0) is 11.2 Å². The van der Waals surface area contributed by atoms with E-state index in [0.717, 1.165) is 0 Å². The molecule has 0 unspecified atom stereocenters. The molecule has 0 atom stereocenters. The van der Waals surface area contributed by atoms with Gasteiger partial charge in [0.1, 0.15) is 5.82 Å². The second kappa shape index (κ2) is 4.95. The topological polar surface area (TPSA) is 67.9 Å². The average Bonchev–Trinajstić information content (AvgIpc) is 2.62. The Morgan fingerprint density at radius 1 is 1.50 bits per heavy atom. The van der Waals surface area contributed by atoms with Crippen LogP contribution in [0.4, 0.5) is 13.2 Å². The lowest BCUT2D eigenvalue weighted by atomic mass is 10.3. The molecule has 1 N–H and O–H groups in total. The number of nitrogens with zero attached hydrogens (tertiary/aromatic N) is 2. The van der Waals surface area contributed by atoms with Crippen molar-refractivity contribution in [3.63, 3.8) is 0 Å². The molecule has 0 aliphatic heterocycles. The van der Waals surface area contributed by atoms with Gasteiger partial charge in [-0.3, -0.25) is 5.10 Å². The molecule has 16 heavy (non-hydrogen) atoms. The van der Waals surface area contributed by atoms with E-state index in [0.29, 0.717) is 0 Å². The number of carbonyl (C=O) groups excluding carboxylic acids is 1. The van der Waals surface area contributed by atoms with Gasteiger partial charge in [-0.1, -0.05) is 0 Å². The molecular formula is C8H10F3N3O2. The number of rotatable bonds is 4. The summed E-state index contributed by atoms with van der Waals surface area (Å²) in [7, 11) is 0. The summed E-state index contributed by atoms with van der Waals surface area (Å²) in [5, 5.41) is 5.71. The van der Waals surface area contributed by atoms with Crippen molar-refractivity contribution < 1.29 is 22.7 Å². The monoisotopic (exact) mass is 237 g/mol. The van der Waals surface area contributed by atoms with Crippen molar-refractivity contribution in [2.75, 3.05) is 6.61 Å². The standard InChI is InChI=1S/C8H10F3N3O2/c1-2-16-7(15)6-12-5(13-14-6)3-4-8(9,10)11/h2-4H2,1H3,(H,12,13,14). The lowest BCUT2D eigenvalue weighted by Gasteiger charge is -2.02. The summed E-state index contributed by atoms with van der Waals surface area (Å²) in [6, 6.07) is 0. The van der Waals surface area contributed by atoms with Gasteiger partial charge in [0.25, 0.3) is 5.82 Å². The van der Waals surface area contributed by atoms with E-state index < -0.39 is 18.6 Å². The van der Waals surface area contributed by atoms with Gasteiger partial charge >= 0.3 is 12.1 Å². The van der Waals surface area contributed by atoms with Crippen LogP contribution in [0.5, 0.6) is 0 Å². The number of alkyl halides is 3. The van der Waals surface area contributed by atoms with E-state index in [1.54, 1.807) is 6.92 Å². The smallest absolute Gasteiger partial charge is 0.389 e. The highest BCUT2D eigenvalue weighted by molar-refractivity contribution is 5.84. The SMILES string of the molecule is CCOC(=O)c1n[nH]c(CCC(F)(F)F)n1. The van der Waals surface area contributed by atoms with Gasteiger partial charge in [-0.2, -0.15) is 13.2 Å². The summed E-state index contributed by atoms with van der Waals surface area (Å²) in [4.78, 5) is 14.7. The quantitative estimate of drug-likeness (QED) is 0.805. The molecule has 0 saturated carbocycles. The van der Waals surface area contributed by atoms with Gasteiger partial charge in [0.15, 0.2) is 0 Å². The van der Waals surface area contributed by atoms with Crippen molar-refractivity contribution >= 4 is 5.97 Å². The molecule has 0 aromatic carbocycles. The molecule has 1 rings (SSSR count). The molecule has 1 aromatic rings. The largest absolute Gasteiger partial charge is 0.460 e. The molecule has 0 bridgehead atoms. The fraction of sp³-hybridized carbons (Fsp3) is 0.625. The molecule has 0 amide bonds. The van der Waals surface area contributed by atoms with Crippen molar-refractivity contribution in [3.8, 4) is 0 Å². The highest BCUT2D eigenvalue weighted by atomic mass is 19.4. The Labute approximate surface area is 89.0 Å². The number of esters is 1. The number of aromatic amines is 1. The number of aryl methyl sites for hydroxylation is 1. The van der Waals surface area contributed by atoms with Gasteiger partial charge in [0.05, 0.1) is 13.0 Å². The number of carbonyl (C=O) groups is 1. The molecule has 0 radical (unpaired) electrons. The highest BCUT2D eigenvalue weighted by Gasteiger charge is 2.27. The van der Waals surface area contributed by atoms with Gasteiger partial charge < -0.3 is 4.74 Å². The van der Waals surface area contributed by atoms with Crippen LogP contribution >= 0.6 is 0 Å². The van der Waals surface area contributed by atoms with Crippen molar-refractivity contribution in [1.29, 1.82) is 0 Å². The maximum absolute atomic E-state index is 11.9. The minimum absolute atomic E-state index is 0.0142. The average molecular weight is 237 g/mol. The fourth-order valence-electron chi connectivity index (χ4n) is 0.954. The number of ether oxygens (including phenoxy) is 1. The Morgan fingerprint density at radius 2 is 2.19 bits per heavy atom. The molecule has 90 valence electrons. The van der Waals surface area contributed by atoms with E-state index in [4.69, 9.17) is 0 Å². The van der Waals surface area contributed by atoms with Crippen molar-refractivity contribution in [3.05, 3.63) is 11.6 Å². The lowest BCUT2D eigenvalue weighted by molar-refractivity contribution is -0.134. The number of hydrogen-bond acceptors (Lipinski definition) is 4. The van der Waals surface area contributed by atoms with Crippen LogP contribution in [0.15, 0.2) is 0 Å². The maximum Gasteiger partial charge on any atom is 0.389 e. The predicted molar refractivity (Wildman–Crippen MR) is 46.7 cm³/mol. The van der Waals surface area contributed by atoms with Gasteiger partial charge in [-0.15, -0.1) is 5.10 Å². The normalized spacial score (nSPS) is 11.5. The fourth-order valence-corrected chi connectivity index (χ4v) is 0.954. The molecule has 0 fully saturated rings. The van der Waals surface area contributed by atoms with Crippen LogP contribution in [0.3, 0.4) is 0 Å². The van der Waals surface area contributed by atoms with Crippen molar-refractivity contribution in [2.45, 2.75) is 25.9 Å². The number of aromatic nitrogens is 3. The molecule has 0 spiro atoms. The molecule has 1 aromatic heterocycles. The number of nitrogens with one attached hydrogen (secondary N) is 1. The zero-order chi connectivity index (χ0) is 12.2. The number of H-pyrrole nitrogens is 1. The van der Waals surface area contributed by atoms with E-state index in [1.165, 1.54) is 0 Å². The third kappa shape index (κ3) is 3.87. The van der Waals surface area contributed by atoms with E-state index in [-0.39, 0.29) is 24.7 Å². The minimum Gasteiger partial charge on any atom is -0.460 e. The molecule has 0 saturated heterocycles. The van der Waals surface area contributed by atoms with Crippen molar-refractivity contribution in [2.24, 2.45) is 0 Å². The summed E-state index contributed by atoms with van der Waals surface area (Å²) < 4.78 is 40.2. The van der Waals surface area contributed by atoms with Gasteiger partial charge in [0, 0.05) is 6.42 Å². The Morgan fingerprint density at radius 3 is 2.75 bits per heavy atom. The molecular weight excluding hydrogens is 227 g/mol. The first-order valence-corrected chi connectivity index (χ1v) is 4.57. The second-order valence-electron chi connectivity index (χ2n) is 2.94. The van der Waals surface area contributed by atoms with Gasteiger partial charge in [0.2, 0.25) is 0 Å². The van der Waals surface area contributed by atoms with Crippen LogP contribution in [-0.4, -0.2) is 33.9 Å². The van der Waals surface area contributed by atoms with Gasteiger partial charge in [-0.05, 0) is 6.92 Å². The first kappa shape index (κ1) is 12.5. The third-order valence-electron chi connectivity index (χ3n) is 1.64. The van der Waals surface area contributed by atoms with E-state index in [9.17, 15) is 18.0 Å². The molecule has 5 nitrogen and oxygen atoms in total. The van der Waals surface area contributed by atoms with Gasteiger partial charge in [-0.25, -0.2) is 9.78 Å². The predicted octanol–water partition coefficient (Wildman–Crippen LogP) is 1.48. The van der Waals surface area contributed by atoms with Crippen LogP contribution in [0.1, 0.15) is 29.8 Å². The Hall–Kier alpha value is -1.60. The Balaban J connectivity index is 2.55. The van der Waals surface area contributed by atoms with E-state index in [1.807, 2.05) is 0 Å². The number of halogens is 3. The summed E-state index contributed by atoms with van der Waals surface area (Å²) >= 11 is 0. The molecule has 0 aliphatic rings. The molecule has 8 heteroatoms. The number of hydrogen-bond donors (Lipinski definition) is 1. The highest BCUT2D eigenvalue weighted by Crippen LogP contribution is 2.20. The van der Waals surface area contributed by atoms with E-state index in [2.05, 4.69) is 19.9 Å². The summed E-state index contributed by atoms with van der Waals surface area (Å²) in [6.45, 7) is 1.76. The molecule has 0 aliphatic carbocycles. The van der Waals surface area contributed by atoms with Crippen LogP contribution in [0.25, 0.3) is 0 Å². The Kier molecular flexibility index (Phi) is 3.86. The second-order valence-corrected chi connectivity index (χ2v) is 2.94. The van der Waals surface area contributed by atoms with Crippen LogP contribution in [0.2, 0.25) is 0 Å². The minimum atomic E-state index is -4.25. The van der Waals surface area contributed by atoms with Crippen molar-refractivity contribution in [1.82, 2.24) is 15.2 Å². The summed E-state index contributed by atoms with van der Waals surface area (Å²) in [5.74, 6) is -0.989. The third-order valence-corrected chi connectivity index (χ3v) is 1.64.